The minimum Gasteiger partial charge on any atom is -0.508 e. The lowest BCUT2D eigenvalue weighted by Gasteiger charge is -2.04. The highest BCUT2D eigenvalue weighted by molar-refractivity contribution is 5.96. The van der Waals surface area contributed by atoms with Crippen molar-refractivity contribution in [2.45, 2.75) is 89.9 Å². The van der Waals surface area contributed by atoms with Crippen LogP contribution in [0.25, 0.3) is 0 Å². The molecule has 4 heteroatoms. The van der Waals surface area contributed by atoms with Gasteiger partial charge in [-0.05, 0) is 61.4 Å². The first-order valence-electron chi connectivity index (χ1n) is 12.2. The molecule has 2 rings (SSSR count). The van der Waals surface area contributed by atoms with Gasteiger partial charge in [-0.25, -0.2) is 0 Å². The van der Waals surface area contributed by atoms with E-state index in [2.05, 4.69) is 0 Å². The number of hydrogen-bond donors (Lipinski definition) is 2. The molecule has 0 heterocycles. The van der Waals surface area contributed by atoms with E-state index in [9.17, 15) is 19.8 Å². The molecule has 0 bridgehead atoms. The summed E-state index contributed by atoms with van der Waals surface area (Å²) >= 11 is 0. The molecule has 0 aromatic heterocycles. The van der Waals surface area contributed by atoms with Gasteiger partial charge in [0.05, 0.1) is 0 Å². The van der Waals surface area contributed by atoms with Crippen molar-refractivity contribution in [1.29, 1.82) is 0 Å². The molecule has 0 aliphatic carbocycles. The Balaban J connectivity index is 1.34. The molecule has 0 fully saturated rings. The van der Waals surface area contributed by atoms with Crippen LogP contribution in [0.15, 0.2) is 48.5 Å². The number of phenolic OH excluding ortho intramolecular Hbond substituents is 2. The minimum absolute atomic E-state index is 0.162. The van der Waals surface area contributed by atoms with Crippen LogP contribution in [0.2, 0.25) is 0 Å². The lowest BCUT2D eigenvalue weighted by Crippen LogP contribution is -1.98. The van der Waals surface area contributed by atoms with Crippen LogP contribution in [0.4, 0.5) is 0 Å². The molecule has 0 amide bonds. The Morgan fingerprint density at radius 1 is 0.438 bits per heavy atom. The summed E-state index contributed by atoms with van der Waals surface area (Å²) in [4.78, 5) is 24.1. The largest absolute Gasteiger partial charge is 0.508 e. The predicted octanol–water partition coefficient (Wildman–Crippen LogP) is 7.62. The zero-order valence-electron chi connectivity index (χ0n) is 19.2. The van der Waals surface area contributed by atoms with E-state index in [1.165, 1.54) is 51.4 Å². The molecular formula is C28H38O4. The molecule has 174 valence electrons. The summed E-state index contributed by atoms with van der Waals surface area (Å²) in [5.41, 5.74) is 1.37. The topological polar surface area (TPSA) is 74.6 Å². The Kier molecular flexibility index (Phi) is 12.2. The third-order valence-electron chi connectivity index (χ3n) is 5.94. The van der Waals surface area contributed by atoms with Gasteiger partial charge < -0.3 is 10.2 Å². The van der Waals surface area contributed by atoms with E-state index < -0.39 is 0 Å². The second-order valence-corrected chi connectivity index (χ2v) is 8.68. The third-order valence-corrected chi connectivity index (χ3v) is 5.94. The van der Waals surface area contributed by atoms with Crippen molar-refractivity contribution in [3.05, 3.63) is 59.7 Å². The van der Waals surface area contributed by atoms with Crippen LogP contribution in [0.5, 0.6) is 11.5 Å². The quantitative estimate of drug-likeness (QED) is 0.197. The van der Waals surface area contributed by atoms with E-state index in [0.29, 0.717) is 24.0 Å². The molecular weight excluding hydrogens is 400 g/mol. The average molecular weight is 439 g/mol. The van der Waals surface area contributed by atoms with Crippen LogP contribution in [0, 0.1) is 0 Å². The van der Waals surface area contributed by atoms with E-state index in [-0.39, 0.29) is 23.1 Å². The monoisotopic (exact) mass is 438 g/mol. The summed E-state index contributed by atoms with van der Waals surface area (Å²) in [5, 5.41) is 18.5. The lowest BCUT2D eigenvalue weighted by atomic mass is 10.0. The number of aromatic hydroxyl groups is 2. The number of rotatable bonds is 17. The summed E-state index contributed by atoms with van der Waals surface area (Å²) in [7, 11) is 0. The molecule has 0 unspecified atom stereocenters. The number of carbonyl (C=O) groups excluding carboxylic acids is 2. The molecule has 0 radical (unpaired) electrons. The van der Waals surface area contributed by atoms with E-state index in [4.69, 9.17) is 0 Å². The Morgan fingerprint density at radius 2 is 0.688 bits per heavy atom. The average Bonchev–Trinajstić information content (AvgIpc) is 2.80. The molecule has 0 aliphatic heterocycles. The van der Waals surface area contributed by atoms with Gasteiger partial charge in [0.15, 0.2) is 11.6 Å². The smallest absolute Gasteiger partial charge is 0.162 e. The van der Waals surface area contributed by atoms with Crippen molar-refractivity contribution in [3.8, 4) is 11.5 Å². The molecule has 0 saturated heterocycles. The zero-order chi connectivity index (χ0) is 23.0. The fraction of sp³-hybridized carbons (Fsp3) is 0.500. The minimum atomic E-state index is 0.162. The van der Waals surface area contributed by atoms with Gasteiger partial charge in [-0.1, -0.05) is 64.2 Å². The van der Waals surface area contributed by atoms with Crippen molar-refractivity contribution in [1.82, 2.24) is 0 Å². The van der Waals surface area contributed by atoms with Crippen LogP contribution < -0.4 is 0 Å². The van der Waals surface area contributed by atoms with E-state index >= 15 is 0 Å². The normalized spacial score (nSPS) is 10.9. The second kappa shape index (κ2) is 15.2. The number of benzene rings is 2. The highest BCUT2D eigenvalue weighted by atomic mass is 16.3. The summed E-state index contributed by atoms with van der Waals surface area (Å²) in [6, 6.07) is 13.0. The lowest BCUT2D eigenvalue weighted by molar-refractivity contribution is 0.0971. The molecule has 2 aromatic rings. The summed E-state index contributed by atoms with van der Waals surface area (Å²) < 4.78 is 0. The fourth-order valence-corrected chi connectivity index (χ4v) is 3.92. The van der Waals surface area contributed by atoms with E-state index in [1.807, 2.05) is 0 Å². The molecule has 2 aromatic carbocycles. The van der Waals surface area contributed by atoms with Crippen molar-refractivity contribution in [3.63, 3.8) is 0 Å². The molecule has 2 N–H and O–H groups in total. The van der Waals surface area contributed by atoms with Crippen LogP contribution in [0.1, 0.15) is 111 Å². The Bertz CT molecular complexity index is 724. The maximum Gasteiger partial charge on any atom is 0.162 e. The van der Waals surface area contributed by atoms with Gasteiger partial charge in [0, 0.05) is 24.0 Å². The number of Topliss-reactive ketones (excluding diaryl/α,β-unsaturated/α-hetero) is 2. The van der Waals surface area contributed by atoms with Crippen LogP contribution >= 0.6 is 0 Å². The molecule has 32 heavy (non-hydrogen) atoms. The van der Waals surface area contributed by atoms with Crippen molar-refractivity contribution in [2.24, 2.45) is 0 Å². The molecule has 0 spiro atoms. The van der Waals surface area contributed by atoms with Crippen LogP contribution in [-0.4, -0.2) is 21.8 Å². The van der Waals surface area contributed by atoms with Crippen molar-refractivity contribution >= 4 is 11.6 Å². The first-order valence-corrected chi connectivity index (χ1v) is 12.2. The Morgan fingerprint density at radius 3 is 0.969 bits per heavy atom. The first-order chi connectivity index (χ1) is 15.6. The van der Waals surface area contributed by atoms with Crippen LogP contribution in [0.3, 0.4) is 0 Å². The van der Waals surface area contributed by atoms with Gasteiger partial charge in [0.2, 0.25) is 0 Å². The first kappa shape index (κ1) is 25.6. The van der Waals surface area contributed by atoms with Gasteiger partial charge in [-0.3, -0.25) is 9.59 Å². The maximum atomic E-state index is 12.1. The van der Waals surface area contributed by atoms with Crippen LogP contribution in [-0.2, 0) is 0 Å². The van der Waals surface area contributed by atoms with E-state index in [0.717, 1.165) is 25.7 Å². The standard InChI is InChI=1S/C28H38O4/c29-25-19-15-23(16-20-25)27(31)13-11-9-7-5-3-1-2-4-6-8-10-12-14-28(32)24-17-21-26(30)22-18-24/h15-22,29-30H,1-14H2. The number of carbonyl (C=O) groups is 2. The summed E-state index contributed by atoms with van der Waals surface area (Å²) in [6.45, 7) is 0. The summed E-state index contributed by atoms with van der Waals surface area (Å²) in [5.74, 6) is 0.712. The number of hydrogen-bond acceptors (Lipinski definition) is 4. The van der Waals surface area contributed by atoms with Gasteiger partial charge in [-0.15, -0.1) is 0 Å². The predicted molar refractivity (Wildman–Crippen MR) is 130 cm³/mol. The van der Waals surface area contributed by atoms with Gasteiger partial charge in [-0.2, -0.15) is 0 Å². The highest BCUT2D eigenvalue weighted by Crippen LogP contribution is 2.17. The zero-order valence-corrected chi connectivity index (χ0v) is 19.2. The number of unbranched alkanes of at least 4 members (excludes halogenated alkanes) is 11. The SMILES string of the molecule is O=C(CCCCCCCCCCCCCCC(=O)c1ccc(O)cc1)c1ccc(O)cc1. The molecule has 4 nitrogen and oxygen atoms in total. The van der Waals surface area contributed by atoms with E-state index in [1.54, 1.807) is 48.5 Å². The second-order valence-electron chi connectivity index (χ2n) is 8.68. The van der Waals surface area contributed by atoms with Gasteiger partial charge in [0.25, 0.3) is 0 Å². The molecule has 0 atom stereocenters. The van der Waals surface area contributed by atoms with Gasteiger partial charge >= 0.3 is 0 Å². The third kappa shape index (κ3) is 10.6. The molecule has 0 saturated carbocycles. The number of phenols is 2. The van der Waals surface area contributed by atoms with Crippen molar-refractivity contribution in [2.75, 3.05) is 0 Å². The highest BCUT2D eigenvalue weighted by Gasteiger charge is 2.06. The van der Waals surface area contributed by atoms with Crippen molar-refractivity contribution < 1.29 is 19.8 Å². The summed E-state index contributed by atoms with van der Waals surface area (Å²) in [6.07, 6.45) is 15.2. The number of ketones is 2. The molecule has 0 aliphatic rings. The van der Waals surface area contributed by atoms with Gasteiger partial charge in [0.1, 0.15) is 11.5 Å². The Hall–Kier alpha value is -2.62. The Labute approximate surface area is 192 Å². The fourth-order valence-electron chi connectivity index (χ4n) is 3.92. The maximum absolute atomic E-state index is 12.1.